The van der Waals surface area contributed by atoms with E-state index in [9.17, 15) is 0 Å². The Morgan fingerprint density at radius 3 is 2.41 bits per heavy atom. The molecule has 0 spiro atoms. The van der Waals surface area contributed by atoms with Gasteiger partial charge >= 0.3 is 0 Å². The minimum atomic E-state index is 0.823. The summed E-state index contributed by atoms with van der Waals surface area (Å²) < 4.78 is 0. The second-order valence-corrected chi connectivity index (χ2v) is 4.14. The molecule has 0 aliphatic rings. The van der Waals surface area contributed by atoms with Gasteiger partial charge in [0.1, 0.15) is 0 Å². The lowest BCUT2D eigenvalue weighted by Crippen LogP contribution is -1.91. The molecule has 0 saturated carbocycles. The van der Waals surface area contributed by atoms with Gasteiger partial charge in [-0.2, -0.15) is 0 Å². The molecule has 0 saturated heterocycles. The van der Waals surface area contributed by atoms with Crippen LogP contribution in [0.25, 0.3) is 16.7 Å². The van der Waals surface area contributed by atoms with Gasteiger partial charge in [-0.25, -0.2) is 0 Å². The van der Waals surface area contributed by atoms with Crippen molar-refractivity contribution in [1.82, 2.24) is 0 Å². The van der Waals surface area contributed by atoms with E-state index in [2.05, 4.69) is 37.3 Å². The van der Waals surface area contributed by atoms with E-state index in [4.69, 9.17) is 5.73 Å². The number of anilines is 1. The second kappa shape index (κ2) is 4.88. The maximum atomic E-state index is 6.04. The van der Waals surface area contributed by atoms with Gasteiger partial charge in [0, 0.05) is 11.3 Å². The van der Waals surface area contributed by atoms with Crippen LogP contribution < -0.4 is 5.73 Å². The zero-order valence-corrected chi connectivity index (χ0v) is 10.3. The average Bonchev–Trinajstić information content (AvgIpc) is 2.39. The molecule has 0 aliphatic carbocycles. The lowest BCUT2D eigenvalue weighted by atomic mass is 9.98. The van der Waals surface area contributed by atoms with Crippen molar-refractivity contribution in [2.75, 3.05) is 5.73 Å². The maximum Gasteiger partial charge on any atom is 0.0394 e. The summed E-state index contributed by atoms with van der Waals surface area (Å²) >= 11 is 0. The van der Waals surface area contributed by atoms with Crippen LogP contribution in [0.4, 0.5) is 5.69 Å². The summed E-state index contributed by atoms with van der Waals surface area (Å²) in [5.41, 5.74) is 11.6. The molecular weight excluding hydrogens is 206 g/mol. The Labute approximate surface area is 103 Å². The first-order valence-electron chi connectivity index (χ1n) is 5.80. The Balaban J connectivity index is 2.54. The molecule has 0 aliphatic heterocycles. The minimum Gasteiger partial charge on any atom is -0.398 e. The van der Waals surface area contributed by atoms with Gasteiger partial charge in [0.15, 0.2) is 0 Å². The summed E-state index contributed by atoms with van der Waals surface area (Å²) in [5.74, 6) is 0. The molecule has 1 heteroatoms. The Hall–Kier alpha value is -2.02. The van der Waals surface area contributed by atoms with Crippen molar-refractivity contribution in [3.05, 3.63) is 60.2 Å². The van der Waals surface area contributed by atoms with Crippen molar-refractivity contribution in [1.29, 1.82) is 0 Å². The lowest BCUT2D eigenvalue weighted by molar-refractivity contribution is 1.52. The molecule has 0 bridgehead atoms. The normalized spacial score (nSPS) is 11.5. The standard InChI is InChI=1S/C16H17N/c1-3-12(2)14-9-10-16(17)15(11-14)13-7-5-4-6-8-13/h3-11H,17H2,1-2H3/b12-3+. The molecule has 2 aromatic carbocycles. The van der Waals surface area contributed by atoms with Crippen LogP contribution in [0.3, 0.4) is 0 Å². The van der Waals surface area contributed by atoms with Crippen molar-refractivity contribution in [3.63, 3.8) is 0 Å². The summed E-state index contributed by atoms with van der Waals surface area (Å²) in [6.45, 7) is 4.16. The smallest absolute Gasteiger partial charge is 0.0394 e. The van der Waals surface area contributed by atoms with Gasteiger partial charge < -0.3 is 5.73 Å². The summed E-state index contributed by atoms with van der Waals surface area (Å²) in [7, 11) is 0. The second-order valence-electron chi connectivity index (χ2n) is 4.14. The minimum absolute atomic E-state index is 0.823. The number of rotatable bonds is 2. The van der Waals surface area contributed by atoms with Crippen molar-refractivity contribution in [3.8, 4) is 11.1 Å². The fourth-order valence-corrected chi connectivity index (χ4v) is 1.84. The molecule has 2 N–H and O–H groups in total. The fourth-order valence-electron chi connectivity index (χ4n) is 1.84. The van der Waals surface area contributed by atoms with Crippen molar-refractivity contribution < 1.29 is 0 Å². The molecule has 0 fully saturated rings. The first kappa shape index (κ1) is 11.5. The molecule has 0 amide bonds. The van der Waals surface area contributed by atoms with E-state index in [0.717, 1.165) is 16.8 Å². The molecule has 0 radical (unpaired) electrons. The van der Waals surface area contributed by atoms with E-state index in [-0.39, 0.29) is 0 Å². The highest BCUT2D eigenvalue weighted by Gasteiger charge is 2.04. The van der Waals surface area contributed by atoms with E-state index >= 15 is 0 Å². The number of allylic oxidation sites excluding steroid dienone is 2. The molecule has 86 valence electrons. The monoisotopic (exact) mass is 223 g/mol. The SMILES string of the molecule is C/C=C(\C)c1ccc(N)c(-c2ccccc2)c1. The highest BCUT2D eigenvalue weighted by atomic mass is 14.6. The van der Waals surface area contributed by atoms with Gasteiger partial charge in [0.2, 0.25) is 0 Å². The third-order valence-corrected chi connectivity index (χ3v) is 3.03. The first-order valence-corrected chi connectivity index (χ1v) is 5.80. The third-order valence-electron chi connectivity index (χ3n) is 3.03. The number of nitrogens with two attached hydrogens (primary N) is 1. The lowest BCUT2D eigenvalue weighted by Gasteiger charge is -2.09. The number of benzene rings is 2. The van der Waals surface area contributed by atoms with Gasteiger partial charge in [-0.3, -0.25) is 0 Å². The topological polar surface area (TPSA) is 26.0 Å². The highest BCUT2D eigenvalue weighted by Crippen LogP contribution is 2.29. The zero-order valence-electron chi connectivity index (χ0n) is 10.3. The number of hydrogen-bond acceptors (Lipinski definition) is 1. The van der Waals surface area contributed by atoms with Gasteiger partial charge in [-0.1, -0.05) is 42.5 Å². The number of nitrogen functional groups attached to an aromatic ring is 1. The molecule has 0 unspecified atom stereocenters. The predicted octanol–water partition coefficient (Wildman–Crippen LogP) is 4.36. The third kappa shape index (κ3) is 2.39. The molecular formula is C16H17N. The Kier molecular flexibility index (Phi) is 3.29. The molecule has 1 nitrogen and oxygen atoms in total. The maximum absolute atomic E-state index is 6.04. The summed E-state index contributed by atoms with van der Waals surface area (Å²) in [6, 6.07) is 16.4. The number of hydrogen-bond donors (Lipinski definition) is 1. The Bertz CT molecular complexity index is 539. The Morgan fingerprint density at radius 2 is 1.76 bits per heavy atom. The van der Waals surface area contributed by atoms with Gasteiger partial charge in [0.05, 0.1) is 0 Å². The first-order chi connectivity index (χ1) is 8.22. The van der Waals surface area contributed by atoms with Crippen LogP contribution in [0.2, 0.25) is 0 Å². The van der Waals surface area contributed by atoms with Crippen LogP contribution in [0, 0.1) is 0 Å². The molecule has 2 rings (SSSR count). The van der Waals surface area contributed by atoms with E-state index in [1.165, 1.54) is 11.1 Å². The largest absolute Gasteiger partial charge is 0.398 e. The van der Waals surface area contributed by atoms with Crippen molar-refractivity contribution in [2.24, 2.45) is 0 Å². The van der Waals surface area contributed by atoms with Crippen LogP contribution in [0.15, 0.2) is 54.6 Å². The highest BCUT2D eigenvalue weighted by molar-refractivity contribution is 5.80. The van der Waals surface area contributed by atoms with Crippen LogP contribution in [-0.2, 0) is 0 Å². The molecule has 17 heavy (non-hydrogen) atoms. The molecule has 0 atom stereocenters. The van der Waals surface area contributed by atoms with E-state index in [1.54, 1.807) is 0 Å². The van der Waals surface area contributed by atoms with Crippen LogP contribution in [-0.4, -0.2) is 0 Å². The van der Waals surface area contributed by atoms with Gasteiger partial charge in [0.25, 0.3) is 0 Å². The van der Waals surface area contributed by atoms with Crippen LogP contribution in [0.5, 0.6) is 0 Å². The predicted molar refractivity (Wildman–Crippen MR) is 75.6 cm³/mol. The summed E-state index contributed by atoms with van der Waals surface area (Å²) in [4.78, 5) is 0. The van der Waals surface area contributed by atoms with Crippen molar-refractivity contribution >= 4 is 11.3 Å². The zero-order chi connectivity index (χ0) is 12.3. The van der Waals surface area contributed by atoms with E-state index in [0.29, 0.717) is 0 Å². The molecule has 0 heterocycles. The molecule has 2 aromatic rings. The molecule has 0 aromatic heterocycles. The summed E-state index contributed by atoms with van der Waals surface area (Å²) in [5, 5.41) is 0. The van der Waals surface area contributed by atoms with E-state index in [1.807, 2.05) is 31.2 Å². The summed E-state index contributed by atoms with van der Waals surface area (Å²) in [6.07, 6.45) is 2.11. The van der Waals surface area contributed by atoms with Crippen LogP contribution in [0.1, 0.15) is 19.4 Å². The van der Waals surface area contributed by atoms with E-state index < -0.39 is 0 Å². The van der Waals surface area contributed by atoms with Gasteiger partial charge in [-0.15, -0.1) is 0 Å². The van der Waals surface area contributed by atoms with Crippen molar-refractivity contribution in [2.45, 2.75) is 13.8 Å². The van der Waals surface area contributed by atoms with Gasteiger partial charge in [-0.05, 0) is 42.7 Å². The quantitative estimate of drug-likeness (QED) is 0.752. The fraction of sp³-hybridized carbons (Fsp3) is 0.125. The Morgan fingerprint density at radius 1 is 1.06 bits per heavy atom. The van der Waals surface area contributed by atoms with Crippen LogP contribution >= 0.6 is 0 Å². The average molecular weight is 223 g/mol.